The molecule has 0 aliphatic rings. The van der Waals surface area contributed by atoms with Gasteiger partial charge in [0.2, 0.25) is 0 Å². The van der Waals surface area contributed by atoms with Gasteiger partial charge in [0.05, 0.1) is 11.6 Å². The Morgan fingerprint density at radius 2 is 2.27 bits per heavy atom. The summed E-state index contributed by atoms with van der Waals surface area (Å²) >= 11 is 1.39. The minimum Gasteiger partial charge on any atom is -0.358 e. The highest BCUT2D eigenvalue weighted by Crippen LogP contribution is 2.24. The lowest BCUT2D eigenvalue weighted by atomic mass is 10.3. The number of nitrogens with zero attached hydrogens (tertiary/aromatic N) is 4. The van der Waals surface area contributed by atoms with Gasteiger partial charge in [0.25, 0.3) is 0 Å². The first kappa shape index (κ1) is 10.3. The number of aromatic nitrogens is 3. The Morgan fingerprint density at radius 1 is 1.47 bits per heavy atom. The number of fused-ring (bicyclic) bond motifs is 1. The fourth-order valence-electron chi connectivity index (χ4n) is 1.44. The van der Waals surface area contributed by atoms with Crippen LogP contribution in [0.4, 0.5) is 5.82 Å². The van der Waals surface area contributed by atoms with E-state index in [0.29, 0.717) is 6.54 Å². The smallest absolute Gasteiger partial charge is 0.149 e. The maximum absolute atomic E-state index is 5.53. The van der Waals surface area contributed by atoms with Crippen molar-refractivity contribution in [2.24, 2.45) is 5.73 Å². The van der Waals surface area contributed by atoms with E-state index in [4.69, 9.17) is 5.73 Å². The van der Waals surface area contributed by atoms with Crippen molar-refractivity contribution in [3.05, 3.63) is 12.0 Å². The summed E-state index contributed by atoms with van der Waals surface area (Å²) in [6, 6.07) is 0. The molecule has 80 valence electrons. The fourth-order valence-corrected chi connectivity index (χ4v) is 2.12. The number of hydrogen-bond donors (Lipinski definition) is 1. The van der Waals surface area contributed by atoms with Gasteiger partial charge in [0.15, 0.2) is 0 Å². The van der Waals surface area contributed by atoms with E-state index >= 15 is 0 Å². The highest BCUT2D eigenvalue weighted by molar-refractivity contribution is 7.12. The second-order valence-corrected chi connectivity index (χ2v) is 4.13. The van der Waals surface area contributed by atoms with Gasteiger partial charge in [-0.25, -0.2) is 9.97 Å². The van der Waals surface area contributed by atoms with Crippen molar-refractivity contribution >= 4 is 27.6 Å². The van der Waals surface area contributed by atoms with E-state index in [1.54, 1.807) is 0 Å². The SMILES string of the molecule is Cc1nc(N(C)CCN)c2cnsc2n1. The third-order valence-electron chi connectivity index (χ3n) is 2.15. The summed E-state index contributed by atoms with van der Waals surface area (Å²) in [7, 11) is 1.98. The Hall–Kier alpha value is -1.27. The maximum atomic E-state index is 5.53. The van der Waals surface area contributed by atoms with Crippen LogP contribution in [0.25, 0.3) is 10.2 Å². The number of likely N-dealkylation sites (N-methyl/N-ethyl adjacent to an activating group) is 1. The molecule has 5 nitrogen and oxygen atoms in total. The van der Waals surface area contributed by atoms with E-state index < -0.39 is 0 Å². The van der Waals surface area contributed by atoms with Gasteiger partial charge in [0.1, 0.15) is 16.5 Å². The number of hydrogen-bond acceptors (Lipinski definition) is 6. The van der Waals surface area contributed by atoms with E-state index in [1.165, 1.54) is 11.5 Å². The Bertz CT molecular complexity index is 466. The van der Waals surface area contributed by atoms with Gasteiger partial charge >= 0.3 is 0 Å². The molecule has 0 bridgehead atoms. The highest BCUT2D eigenvalue weighted by Gasteiger charge is 2.10. The lowest BCUT2D eigenvalue weighted by Crippen LogP contribution is -2.26. The zero-order valence-electron chi connectivity index (χ0n) is 8.77. The molecule has 0 unspecified atom stereocenters. The molecule has 0 aliphatic carbocycles. The molecule has 0 fully saturated rings. The number of rotatable bonds is 3. The number of anilines is 1. The predicted molar refractivity (Wildman–Crippen MR) is 62.3 cm³/mol. The average Bonchev–Trinajstić information content (AvgIpc) is 2.64. The first-order valence-corrected chi connectivity index (χ1v) is 5.50. The van der Waals surface area contributed by atoms with Crippen LogP contribution in [-0.4, -0.2) is 34.5 Å². The molecular formula is C9H13N5S. The molecule has 2 N–H and O–H groups in total. The summed E-state index contributed by atoms with van der Waals surface area (Å²) in [5, 5.41) is 1.00. The molecule has 0 saturated carbocycles. The molecule has 0 saturated heterocycles. The topological polar surface area (TPSA) is 67.9 Å². The van der Waals surface area contributed by atoms with Crippen molar-refractivity contribution in [3.8, 4) is 0 Å². The van der Waals surface area contributed by atoms with E-state index in [0.717, 1.165) is 28.4 Å². The first-order chi connectivity index (χ1) is 7.22. The van der Waals surface area contributed by atoms with Crippen LogP contribution in [-0.2, 0) is 0 Å². The van der Waals surface area contributed by atoms with Crippen molar-refractivity contribution in [1.29, 1.82) is 0 Å². The van der Waals surface area contributed by atoms with Gasteiger partial charge in [-0.15, -0.1) is 0 Å². The summed E-state index contributed by atoms with van der Waals surface area (Å²) in [6.07, 6.45) is 1.81. The van der Waals surface area contributed by atoms with Crippen LogP contribution in [0.5, 0.6) is 0 Å². The van der Waals surface area contributed by atoms with Crippen LogP contribution in [0.2, 0.25) is 0 Å². The van der Waals surface area contributed by atoms with Crippen LogP contribution in [0.15, 0.2) is 6.20 Å². The lowest BCUT2D eigenvalue weighted by Gasteiger charge is -2.17. The fraction of sp³-hybridized carbons (Fsp3) is 0.444. The lowest BCUT2D eigenvalue weighted by molar-refractivity contribution is 0.865. The summed E-state index contributed by atoms with van der Waals surface area (Å²) < 4.78 is 4.13. The minimum atomic E-state index is 0.610. The molecule has 6 heteroatoms. The quantitative estimate of drug-likeness (QED) is 0.833. The molecule has 0 aromatic carbocycles. The monoisotopic (exact) mass is 223 g/mol. The Kier molecular flexibility index (Phi) is 2.79. The third kappa shape index (κ3) is 1.91. The number of nitrogens with two attached hydrogens (primary N) is 1. The van der Waals surface area contributed by atoms with Crippen molar-refractivity contribution in [1.82, 2.24) is 14.3 Å². The van der Waals surface area contributed by atoms with Crippen molar-refractivity contribution in [2.75, 3.05) is 25.0 Å². The van der Waals surface area contributed by atoms with Gasteiger partial charge in [-0.1, -0.05) is 0 Å². The minimum absolute atomic E-state index is 0.610. The largest absolute Gasteiger partial charge is 0.358 e. The van der Waals surface area contributed by atoms with Gasteiger partial charge in [-0.3, -0.25) is 0 Å². The number of aryl methyl sites for hydroxylation is 1. The second kappa shape index (κ2) is 4.08. The van der Waals surface area contributed by atoms with E-state index in [9.17, 15) is 0 Å². The van der Waals surface area contributed by atoms with Crippen LogP contribution < -0.4 is 10.6 Å². The van der Waals surface area contributed by atoms with Crippen molar-refractivity contribution < 1.29 is 0 Å². The molecule has 0 spiro atoms. The van der Waals surface area contributed by atoms with Gasteiger partial charge < -0.3 is 10.6 Å². The van der Waals surface area contributed by atoms with E-state index in [1.807, 2.05) is 25.1 Å². The summed E-state index contributed by atoms with van der Waals surface area (Å²) in [4.78, 5) is 11.7. The summed E-state index contributed by atoms with van der Waals surface area (Å²) in [5.74, 6) is 1.68. The Morgan fingerprint density at radius 3 is 3.00 bits per heavy atom. The average molecular weight is 223 g/mol. The summed E-state index contributed by atoms with van der Waals surface area (Å²) in [5.41, 5.74) is 5.53. The van der Waals surface area contributed by atoms with Gasteiger partial charge in [0, 0.05) is 20.1 Å². The molecule has 15 heavy (non-hydrogen) atoms. The predicted octanol–water partition coefficient (Wildman–Crippen LogP) is 0.790. The van der Waals surface area contributed by atoms with Gasteiger partial charge in [-0.05, 0) is 18.5 Å². The normalized spacial score (nSPS) is 10.9. The van der Waals surface area contributed by atoms with Crippen molar-refractivity contribution in [2.45, 2.75) is 6.92 Å². The molecule has 0 radical (unpaired) electrons. The molecule has 2 aromatic rings. The Labute approximate surface area is 92.1 Å². The molecule has 0 aliphatic heterocycles. The van der Waals surface area contributed by atoms with Crippen molar-refractivity contribution in [3.63, 3.8) is 0 Å². The highest BCUT2D eigenvalue weighted by atomic mass is 32.1. The molecule has 0 amide bonds. The molecule has 2 heterocycles. The Balaban J connectivity index is 2.52. The van der Waals surface area contributed by atoms with Crippen LogP contribution in [0.1, 0.15) is 5.82 Å². The molecular weight excluding hydrogens is 210 g/mol. The van der Waals surface area contributed by atoms with E-state index in [2.05, 4.69) is 14.3 Å². The van der Waals surface area contributed by atoms with Crippen LogP contribution in [0, 0.1) is 6.92 Å². The molecule has 0 atom stereocenters. The first-order valence-electron chi connectivity index (χ1n) is 4.72. The molecule has 2 aromatic heterocycles. The van der Waals surface area contributed by atoms with Crippen LogP contribution >= 0.6 is 11.5 Å². The standard InChI is InChI=1S/C9H13N5S/c1-6-12-8(14(2)4-3-10)7-5-11-15-9(7)13-6/h5H,3-4,10H2,1-2H3. The summed E-state index contributed by atoms with van der Waals surface area (Å²) in [6.45, 7) is 3.28. The molecule has 2 rings (SSSR count). The van der Waals surface area contributed by atoms with Gasteiger partial charge in [-0.2, -0.15) is 4.37 Å². The van der Waals surface area contributed by atoms with E-state index in [-0.39, 0.29) is 0 Å². The maximum Gasteiger partial charge on any atom is 0.149 e. The zero-order valence-corrected chi connectivity index (χ0v) is 9.58. The van der Waals surface area contributed by atoms with Crippen LogP contribution in [0.3, 0.4) is 0 Å². The second-order valence-electron chi connectivity index (χ2n) is 3.35. The third-order valence-corrected chi connectivity index (χ3v) is 2.84. The zero-order chi connectivity index (χ0) is 10.8.